The molecule has 0 saturated carbocycles. The first-order valence-electron chi connectivity index (χ1n) is 5.16. The highest BCUT2D eigenvalue weighted by atomic mass is 32.2. The Kier molecular flexibility index (Phi) is 3.96. The Hall–Kier alpha value is -1.14. The third kappa shape index (κ3) is 2.95. The summed E-state index contributed by atoms with van der Waals surface area (Å²) in [5.74, 6) is 0.427. The SMILES string of the molecule is CSc1ccc(N=C(N)N2N=CSC2C)cc1. The van der Waals surface area contributed by atoms with Gasteiger partial charge in [0.25, 0.3) is 0 Å². The summed E-state index contributed by atoms with van der Waals surface area (Å²) in [7, 11) is 0. The molecule has 0 saturated heterocycles. The first-order valence-corrected chi connectivity index (χ1v) is 7.33. The Bertz CT molecular complexity index is 441. The molecule has 1 heterocycles. The average molecular weight is 266 g/mol. The van der Waals surface area contributed by atoms with Crippen LogP contribution in [0.3, 0.4) is 0 Å². The third-order valence-electron chi connectivity index (χ3n) is 2.32. The molecule has 0 fully saturated rings. The Balaban J connectivity index is 2.14. The molecule has 1 aliphatic rings. The third-order valence-corrected chi connectivity index (χ3v) is 3.88. The van der Waals surface area contributed by atoms with Crippen molar-refractivity contribution in [3.05, 3.63) is 24.3 Å². The zero-order valence-electron chi connectivity index (χ0n) is 9.70. The maximum absolute atomic E-state index is 5.92. The predicted molar refractivity (Wildman–Crippen MR) is 76.9 cm³/mol. The number of benzene rings is 1. The minimum Gasteiger partial charge on any atom is -0.368 e. The molecule has 0 spiro atoms. The normalized spacial score (nSPS) is 20.0. The Morgan fingerprint density at radius 1 is 1.47 bits per heavy atom. The second-order valence-electron chi connectivity index (χ2n) is 3.47. The lowest BCUT2D eigenvalue weighted by Gasteiger charge is -2.17. The van der Waals surface area contributed by atoms with Crippen molar-refractivity contribution < 1.29 is 0 Å². The van der Waals surface area contributed by atoms with Crippen molar-refractivity contribution in [3.8, 4) is 0 Å². The van der Waals surface area contributed by atoms with Gasteiger partial charge in [0, 0.05) is 4.90 Å². The van der Waals surface area contributed by atoms with Crippen LogP contribution >= 0.6 is 23.5 Å². The molecule has 2 N–H and O–H groups in total. The quantitative estimate of drug-likeness (QED) is 0.508. The van der Waals surface area contributed by atoms with Gasteiger partial charge in [-0.1, -0.05) is 11.8 Å². The van der Waals surface area contributed by atoms with Gasteiger partial charge < -0.3 is 5.73 Å². The second kappa shape index (κ2) is 5.46. The van der Waals surface area contributed by atoms with Gasteiger partial charge in [-0.2, -0.15) is 5.10 Å². The van der Waals surface area contributed by atoms with E-state index in [2.05, 4.69) is 10.1 Å². The van der Waals surface area contributed by atoms with E-state index in [0.717, 1.165) is 5.69 Å². The summed E-state index contributed by atoms with van der Waals surface area (Å²) >= 11 is 3.33. The molecule has 1 aliphatic heterocycles. The predicted octanol–water partition coefficient (Wildman–Crippen LogP) is 2.69. The molecule has 1 aromatic rings. The fourth-order valence-electron chi connectivity index (χ4n) is 1.40. The van der Waals surface area contributed by atoms with E-state index in [1.165, 1.54) is 4.90 Å². The summed E-state index contributed by atoms with van der Waals surface area (Å²) in [6, 6.07) is 7.97. The van der Waals surface area contributed by atoms with Crippen molar-refractivity contribution >= 4 is 40.7 Å². The van der Waals surface area contributed by atoms with Crippen LogP contribution < -0.4 is 5.73 Å². The van der Waals surface area contributed by atoms with Gasteiger partial charge in [0.1, 0.15) is 5.37 Å². The van der Waals surface area contributed by atoms with Gasteiger partial charge in [-0.15, -0.1) is 11.8 Å². The topological polar surface area (TPSA) is 54.0 Å². The molecule has 0 bridgehead atoms. The van der Waals surface area contributed by atoms with Crippen molar-refractivity contribution in [1.82, 2.24) is 5.01 Å². The van der Waals surface area contributed by atoms with E-state index in [1.807, 2.05) is 37.4 Å². The number of nitrogens with two attached hydrogens (primary N) is 1. The molecule has 1 atom stereocenters. The second-order valence-corrected chi connectivity index (χ2v) is 5.51. The molecule has 2 rings (SSSR count). The van der Waals surface area contributed by atoms with Crippen molar-refractivity contribution in [2.24, 2.45) is 15.8 Å². The number of hydrogen-bond acceptors (Lipinski definition) is 4. The smallest absolute Gasteiger partial charge is 0.218 e. The van der Waals surface area contributed by atoms with Crippen LogP contribution in [0.4, 0.5) is 5.69 Å². The van der Waals surface area contributed by atoms with Gasteiger partial charge >= 0.3 is 0 Å². The molecular formula is C11H14N4S2. The van der Waals surface area contributed by atoms with Crippen LogP contribution in [-0.4, -0.2) is 28.1 Å². The van der Waals surface area contributed by atoms with E-state index in [9.17, 15) is 0 Å². The number of thioether (sulfide) groups is 2. The van der Waals surface area contributed by atoms with Crippen LogP contribution in [0.2, 0.25) is 0 Å². The molecule has 0 radical (unpaired) electrons. The monoisotopic (exact) mass is 266 g/mol. The van der Waals surface area contributed by atoms with Gasteiger partial charge in [0.2, 0.25) is 5.96 Å². The molecule has 0 aromatic heterocycles. The summed E-state index contributed by atoms with van der Waals surface area (Å²) in [6.45, 7) is 2.04. The zero-order valence-corrected chi connectivity index (χ0v) is 11.3. The lowest BCUT2D eigenvalue weighted by molar-refractivity contribution is 0.446. The van der Waals surface area contributed by atoms with Gasteiger partial charge in [0.15, 0.2) is 0 Å². The number of rotatable bonds is 2. The van der Waals surface area contributed by atoms with Crippen molar-refractivity contribution in [2.75, 3.05) is 6.26 Å². The molecule has 90 valence electrons. The lowest BCUT2D eigenvalue weighted by Crippen LogP contribution is -2.35. The zero-order chi connectivity index (χ0) is 12.3. The molecule has 1 aromatic carbocycles. The molecule has 6 heteroatoms. The number of hydrogen-bond donors (Lipinski definition) is 1. The van der Waals surface area contributed by atoms with Crippen LogP contribution in [0.5, 0.6) is 0 Å². The summed E-state index contributed by atoms with van der Waals surface area (Å²) in [5.41, 5.74) is 8.54. The highest BCUT2D eigenvalue weighted by molar-refractivity contribution is 8.12. The number of guanidine groups is 1. The van der Waals surface area contributed by atoms with Crippen LogP contribution in [0, 0.1) is 0 Å². The highest BCUT2D eigenvalue weighted by Crippen LogP contribution is 2.22. The van der Waals surface area contributed by atoms with E-state index in [1.54, 1.807) is 34.1 Å². The fraction of sp³-hybridized carbons (Fsp3) is 0.273. The fourth-order valence-corrected chi connectivity index (χ4v) is 2.42. The Labute approximate surface area is 109 Å². The first-order chi connectivity index (χ1) is 8.20. The number of aliphatic imine (C=N–C) groups is 1. The minimum absolute atomic E-state index is 0.212. The standard InChI is InChI=1S/C11H14N4S2/c1-8-15(13-7-17-8)11(12)14-9-3-5-10(16-2)6-4-9/h3-8H,1-2H3,(H2,12,14). The summed E-state index contributed by atoms with van der Waals surface area (Å²) in [5, 5.41) is 6.09. The summed E-state index contributed by atoms with van der Waals surface area (Å²) < 4.78 is 0. The van der Waals surface area contributed by atoms with Gasteiger partial charge in [-0.05, 0) is 37.4 Å². The average Bonchev–Trinajstić information content (AvgIpc) is 2.76. The van der Waals surface area contributed by atoms with Crippen LogP contribution in [0.15, 0.2) is 39.3 Å². The van der Waals surface area contributed by atoms with Gasteiger partial charge in [-0.3, -0.25) is 0 Å². The first kappa shape index (κ1) is 12.3. The van der Waals surface area contributed by atoms with E-state index in [-0.39, 0.29) is 5.37 Å². The number of hydrazone groups is 1. The maximum atomic E-state index is 5.92. The van der Waals surface area contributed by atoms with Crippen molar-refractivity contribution in [2.45, 2.75) is 17.2 Å². The van der Waals surface area contributed by atoms with Crippen LogP contribution in [0.1, 0.15) is 6.92 Å². The highest BCUT2D eigenvalue weighted by Gasteiger charge is 2.19. The minimum atomic E-state index is 0.212. The van der Waals surface area contributed by atoms with E-state index in [0.29, 0.717) is 5.96 Å². The van der Waals surface area contributed by atoms with Crippen LogP contribution in [-0.2, 0) is 0 Å². The maximum Gasteiger partial charge on any atom is 0.218 e. The van der Waals surface area contributed by atoms with E-state index < -0.39 is 0 Å². The largest absolute Gasteiger partial charge is 0.368 e. The van der Waals surface area contributed by atoms with E-state index >= 15 is 0 Å². The molecule has 0 aliphatic carbocycles. The van der Waals surface area contributed by atoms with E-state index in [4.69, 9.17) is 5.73 Å². The summed E-state index contributed by atoms with van der Waals surface area (Å²) in [6.07, 6.45) is 2.05. The molecule has 0 amide bonds. The van der Waals surface area contributed by atoms with Gasteiger partial charge in [0.05, 0.1) is 11.2 Å². The molecular weight excluding hydrogens is 252 g/mol. The van der Waals surface area contributed by atoms with Crippen LogP contribution in [0.25, 0.3) is 0 Å². The van der Waals surface area contributed by atoms with Crippen molar-refractivity contribution in [3.63, 3.8) is 0 Å². The molecule has 17 heavy (non-hydrogen) atoms. The summed E-state index contributed by atoms with van der Waals surface area (Å²) in [4.78, 5) is 5.56. The Morgan fingerprint density at radius 3 is 2.71 bits per heavy atom. The number of nitrogens with zero attached hydrogens (tertiary/aromatic N) is 3. The molecule has 4 nitrogen and oxygen atoms in total. The lowest BCUT2D eigenvalue weighted by atomic mass is 10.3. The Morgan fingerprint density at radius 2 is 2.18 bits per heavy atom. The molecule has 1 unspecified atom stereocenters. The van der Waals surface area contributed by atoms with Crippen molar-refractivity contribution in [1.29, 1.82) is 0 Å². The van der Waals surface area contributed by atoms with Gasteiger partial charge in [-0.25, -0.2) is 10.0 Å².